The molecule has 1 saturated heterocycles. The molecule has 0 bridgehead atoms. The van der Waals surface area contributed by atoms with E-state index in [2.05, 4.69) is 16.0 Å². The summed E-state index contributed by atoms with van der Waals surface area (Å²) in [6.07, 6.45) is 0.416. The first-order valence-electron chi connectivity index (χ1n) is 10.00. The zero-order valence-corrected chi connectivity index (χ0v) is 17.0. The molecule has 1 aliphatic rings. The predicted octanol–water partition coefficient (Wildman–Crippen LogP) is 4.24. The molecule has 5 amide bonds. The summed E-state index contributed by atoms with van der Waals surface area (Å²) in [6, 6.07) is 21.7. The molecule has 4 rings (SSSR count). The third kappa shape index (κ3) is 4.81. The average molecular weight is 428 g/mol. The largest absolute Gasteiger partial charge is 0.323 e. The van der Waals surface area contributed by atoms with E-state index in [1.807, 2.05) is 18.2 Å². The van der Waals surface area contributed by atoms with E-state index in [1.54, 1.807) is 60.7 Å². The molecule has 0 radical (unpaired) electrons. The maximum atomic E-state index is 12.5. The zero-order chi connectivity index (χ0) is 22.5. The molecule has 0 spiro atoms. The Balaban J connectivity index is 1.34. The van der Waals surface area contributed by atoms with Crippen LogP contribution in [0.3, 0.4) is 0 Å². The SMILES string of the molecule is O=C(Nc1ccccc1)Nc1ccc(NC(=O)c2ccc(N3C(=O)CCC3=O)cc2)cc1. The van der Waals surface area contributed by atoms with E-state index in [4.69, 9.17) is 0 Å². The van der Waals surface area contributed by atoms with Gasteiger partial charge in [0.25, 0.3) is 5.91 Å². The number of carbonyl (C=O) groups excluding carboxylic acids is 4. The summed E-state index contributed by atoms with van der Waals surface area (Å²) in [5.74, 6) is -0.810. The van der Waals surface area contributed by atoms with Crippen molar-refractivity contribution in [1.29, 1.82) is 0 Å². The van der Waals surface area contributed by atoms with Gasteiger partial charge in [0.15, 0.2) is 0 Å². The first kappa shape index (κ1) is 20.8. The van der Waals surface area contributed by atoms with E-state index in [-0.39, 0.29) is 36.6 Å². The van der Waals surface area contributed by atoms with Gasteiger partial charge in [-0.05, 0) is 60.7 Å². The maximum absolute atomic E-state index is 12.5. The number of rotatable bonds is 5. The number of carbonyl (C=O) groups is 4. The predicted molar refractivity (Wildman–Crippen MR) is 122 cm³/mol. The van der Waals surface area contributed by atoms with Crippen LogP contribution in [-0.2, 0) is 9.59 Å². The summed E-state index contributed by atoms with van der Waals surface area (Å²) < 4.78 is 0. The number of imide groups is 1. The van der Waals surface area contributed by atoms with Gasteiger partial charge in [-0.15, -0.1) is 0 Å². The van der Waals surface area contributed by atoms with Crippen molar-refractivity contribution in [1.82, 2.24) is 0 Å². The van der Waals surface area contributed by atoms with Crippen molar-refractivity contribution in [3.8, 4) is 0 Å². The number of amides is 5. The topological polar surface area (TPSA) is 108 Å². The van der Waals surface area contributed by atoms with E-state index in [1.165, 1.54) is 0 Å². The molecule has 160 valence electrons. The van der Waals surface area contributed by atoms with E-state index in [9.17, 15) is 19.2 Å². The van der Waals surface area contributed by atoms with Crippen molar-refractivity contribution < 1.29 is 19.2 Å². The van der Waals surface area contributed by atoms with E-state index in [0.29, 0.717) is 28.3 Å². The highest BCUT2D eigenvalue weighted by Gasteiger charge is 2.30. The second kappa shape index (κ2) is 9.13. The molecule has 1 heterocycles. The highest BCUT2D eigenvalue weighted by atomic mass is 16.2. The van der Waals surface area contributed by atoms with Crippen LogP contribution in [0.2, 0.25) is 0 Å². The molecule has 3 aromatic rings. The lowest BCUT2D eigenvalue weighted by molar-refractivity contribution is -0.121. The fourth-order valence-electron chi connectivity index (χ4n) is 3.28. The summed E-state index contributed by atoms with van der Waals surface area (Å²) in [7, 11) is 0. The van der Waals surface area contributed by atoms with Crippen molar-refractivity contribution >= 4 is 46.5 Å². The van der Waals surface area contributed by atoms with Gasteiger partial charge in [-0.25, -0.2) is 4.79 Å². The first-order valence-corrected chi connectivity index (χ1v) is 10.00. The summed E-state index contributed by atoms with van der Waals surface area (Å²) in [5.41, 5.74) is 2.65. The Morgan fingerprint density at radius 2 is 1.12 bits per heavy atom. The molecule has 32 heavy (non-hydrogen) atoms. The van der Waals surface area contributed by atoms with Crippen LogP contribution in [-0.4, -0.2) is 23.8 Å². The molecule has 1 aliphatic heterocycles. The Labute approximate surface area is 184 Å². The molecule has 8 nitrogen and oxygen atoms in total. The molecule has 0 aliphatic carbocycles. The van der Waals surface area contributed by atoms with Gasteiger partial charge in [-0.1, -0.05) is 18.2 Å². The lowest BCUT2D eigenvalue weighted by Crippen LogP contribution is -2.28. The molecule has 0 aromatic heterocycles. The zero-order valence-electron chi connectivity index (χ0n) is 17.0. The van der Waals surface area contributed by atoms with Gasteiger partial charge in [-0.2, -0.15) is 0 Å². The Kier molecular flexibility index (Phi) is 5.94. The van der Waals surface area contributed by atoms with E-state index in [0.717, 1.165) is 4.90 Å². The van der Waals surface area contributed by atoms with Crippen LogP contribution in [0.15, 0.2) is 78.9 Å². The number of hydrogen-bond donors (Lipinski definition) is 3. The standard InChI is InChI=1S/C24H20N4O4/c29-21-14-15-22(30)28(21)20-12-6-16(7-13-20)23(31)25-18-8-10-19(11-9-18)27-24(32)26-17-4-2-1-3-5-17/h1-13H,14-15H2,(H,25,31)(H2,26,27,32). The molecule has 1 fully saturated rings. The Morgan fingerprint density at radius 3 is 1.69 bits per heavy atom. The van der Waals surface area contributed by atoms with Gasteiger partial charge >= 0.3 is 6.03 Å². The van der Waals surface area contributed by atoms with Crippen LogP contribution < -0.4 is 20.9 Å². The third-order valence-corrected chi connectivity index (χ3v) is 4.87. The number of urea groups is 1. The van der Waals surface area contributed by atoms with Crippen LogP contribution in [0.4, 0.5) is 27.5 Å². The fourth-order valence-corrected chi connectivity index (χ4v) is 3.28. The Hall–Kier alpha value is -4.46. The van der Waals surface area contributed by atoms with Crippen LogP contribution in [0.25, 0.3) is 0 Å². The van der Waals surface area contributed by atoms with Gasteiger partial charge in [0.05, 0.1) is 5.69 Å². The molecule has 3 N–H and O–H groups in total. The second-order valence-electron chi connectivity index (χ2n) is 7.15. The lowest BCUT2D eigenvalue weighted by Gasteiger charge is -2.14. The minimum atomic E-state index is -0.372. The molecule has 0 saturated carbocycles. The van der Waals surface area contributed by atoms with Gasteiger partial charge in [0, 0.05) is 35.5 Å². The molecule has 0 atom stereocenters. The Morgan fingerprint density at radius 1 is 0.625 bits per heavy atom. The number of benzene rings is 3. The highest BCUT2D eigenvalue weighted by molar-refractivity contribution is 6.20. The highest BCUT2D eigenvalue weighted by Crippen LogP contribution is 2.23. The minimum absolute atomic E-state index is 0.208. The Bertz CT molecular complexity index is 1140. The van der Waals surface area contributed by atoms with Crippen molar-refractivity contribution in [2.24, 2.45) is 0 Å². The number of hydrogen-bond acceptors (Lipinski definition) is 4. The normalized spacial score (nSPS) is 13.1. The smallest absolute Gasteiger partial charge is 0.322 e. The van der Waals surface area contributed by atoms with Crippen molar-refractivity contribution in [2.75, 3.05) is 20.9 Å². The van der Waals surface area contributed by atoms with Gasteiger partial charge in [-0.3, -0.25) is 19.3 Å². The van der Waals surface area contributed by atoms with Gasteiger partial charge in [0.2, 0.25) is 11.8 Å². The van der Waals surface area contributed by atoms with Crippen LogP contribution in [0, 0.1) is 0 Å². The molecule has 0 unspecified atom stereocenters. The number of anilines is 4. The number of nitrogens with zero attached hydrogens (tertiary/aromatic N) is 1. The van der Waals surface area contributed by atoms with Crippen LogP contribution >= 0.6 is 0 Å². The summed E-state index contributed by atoms with van der Waals surface area (Å²) in [5, 5.41) is 8.21. The quantitative estimate of drug-likeness (QED) is 0.529. The second-order valence-corrected chi connectivity index (χ2v) is 7.15. The van der Waals surface area contributed by atoms with Crippen molar-refractivity contribution in [3.63, 3.8) is 0 Å². The molecular formula is C24H20N4O4. The summed E-state index contributed by atoms with van der Waals surface area (Å²) >= 11 is 0. The number of para-hydroxylation sites is 1. The fraction of sp³-hybridized carbons (Fsp3) is 0.0833. The monoisotopic (exact) mass is 428 g/mol. The van der Waals surface area contributed by atoms with Crippen molar-refractivity contribution in [3.05, 3.63) is 84.4 Å². The number of nitrogens with one attached hydrogen (secondary N) is 3. The minimum Gasteiger partial charge on any atom is -0.322 e. The third-order valence-electron chi connectivity index (χ3n) is 4.87. The first-order chi connectivity index (χ1) is 15.5. The summed E-state index contributed by atoms with van der Waals surface area (Å²) in [4.78, 5) is 49.4. The average Bonchev–Trinajstić information content (AvgIpc) is 3.13. The van der Waals surface area contributed by atoms with E-state index >= 15 is 0 Å². The van der Waals surface area contributed by atoms with Gasteiger partial charge in [0.1, 0.15) is 0 Å². The lowest BCUT2D eigenvalue weighted by atomic mass is 10.1. The molecule has 3 aromatic carbocycles. The van der Waals surface area contributed by atoms with E-state index < -0.39 is 0 Å². The summed E-state index contributed by atoms with van der Waals surface area (Å²) in [6.45, 7) is 0. The van der Waals surface area contributed by atoms with Crippen molar-refractivity contribution in [2.45, 2.75) is 12.8 Å². The van der Waals surface area contributed by atoms with Gasteiger partial charge < -0.3 is 16.0 Å². The maximum Gasteiger partial charge on any atom is 0.323 e. The van der Waals surface area contributed by atoms with Crippen LogP contribution in [0.1, 0.15) is 23.2 Å². The van der Waals surface area contributed by atoms with Crippen LogP contribution in [0.5, 0.6) is 0 Å². The molecular weight excluding hydrogens is 408 g/mol. The molecule has 8 heteroatoms.